The Kier molecular flexibility index (Phi) is 11.2. The number of rotatable bonds is 10. The third kappa shape index (κ3) is 8.98. The van der Waals surface area contributed by atoms with Crippen LogP contribution in [0.1, 0.15) is 49.1 Å². The molecule has 226 valence electrons. The van der Waals surface area contributed by atoms with Crippen molar-refractivity contribution in [3.05, 3.63) is 94.0 Å². The van der Waals surface area contributed by atoms with E-state index in [4.69, 9.17) is 22.8 Å². The highest BCUT2D eigenvalue weighted by molar-refractivity contribution is 6.34. The van der Waals surface area contributed by atoms with E-state index in [0.717, 1.165) is 0 Å². The molecule has 0 radical (unpaired) electrons. The van der Waals surface area contributed by atoms with E-state index in [1.54, 1.807) is 82.3 Å². The summed E-state index contributed by atoms with van der Waals surface area (Å²) in [5, 5.41) is 25.6. The van der Waals surface area contributed by atoms with E-state index in [0.29, 0.717) is 33.0 Å². The van der Waals surface area contributed by atoms with Crippen LogP contribution in [0.5, 0.6) is 5.75 Å². The second-order valence-electron chi connectivity index (χ2n) is 10.9. The molecule has 2 unspecified atom stereocenters. The first-order valence-corrected chi connectivity index (χ1v) is 14.0. The second-order valence-corrected chi connectivity index (χ2v) is 11.3. The van der Waals surface area contributed by atoms with Crippen LogP contribution < -0.4 is 10.6 Å². The summed E-state index contributed by atoms with van der Waals surface area (Å²) in [5.74, 6) is 1.31. The third-order valence-corrected chi connectivity index (χ3v) is 6.75. The summed E-state index contributed by atoms with van der Waals surface area (Å²) >= 11 is 6.40. The number of halogens is 1. The van der Waals surface area contributed by atoms with Crippen LogP contribution >= 0.6 is 11.6 Å². The van der Waals surface area contributed by atoms with Crippen molar-refractivity contribution in [3.63, 3.8) is 0 Å². The third-order valence-electron chi connectivity index (χ3n) is 6.43. The Morgan fingerprint density at radius 3 is 2.33 bits per heavy atom. The smallest absolute Gasteiger partial charge is 0.408 e. The fraction of sp³-hybridized carbons (Fsp3) is 0.303. The van der Waals surface area contributed by atoms with Gasteiger partial charge in [0.2, 0.25) is 5.91 Å². The number of phenols is 1. The number of benzene rings is 3. The minimum Gasteiger partial charge on any atom is -0.508 e. The van der Waals surface area contributed by atoms with Gasteiger partial charge in [0.1, 0.15) is 23.4 Å². The Hall–Kier alpha value is -4.52. The molecule has 0 aromatic heterocycles. The first-order valence-electron chi connectivity index (χ1n) is 13.6. The average molecular weight is 606 g/mol. The highest BCUT2D eigenvalue weighted by Gasteiger charge is 2.37. The Labute approximate surface area is 256 Å². The minimum atomic E-state index is -1.31. The molecule has 0 saturated heterocycles. The van der Waals surface area contributed by atoms with Crippen molar-refractivity contribution in [1.29, 1.82) is 0 Å². The highest BCUT2D eigenvalue weighted by Crippen LogP contribution is 2.31. The molecule has 10 heteroatoms. The SMILES string of the molecule is C#Cc1ccccc1C(C(=O)Nc1c(C)cccc1Cl)N(CCO)C(=O)C(Cc1ccc(O)cc1)NC(=O)OC(C)(C)C. The van der Waals surface area contributed by atoms with Crippen LogP contribution in [0.2, 0.25) is 5.02 Å². The number of ether oxygens (including phenoxy) is 1. The van der Waals surface area contributed by atoms with Crippen LogP contribution in [-0.4, -0.2) is 57.8 Å². The van der Waals surface area contributed by atoms with Gasteiger partial charge < -0.3 is 30.5 Å². The minimum absolute atomic E-state index is 0.00493. The Balaban J connectivity index is 2.11. The summed E-state index contributed by atoms with van der Waals surface area (Å²) in [6.45, 7) is 6.09. The van der Waals surface area contributed by atoms with Crippen molar-refractivity contribution in [2.45, 2.75) is 51.8 Å². The van der Waals surface area contributed by atoms with Gasteiger partial charge in [-0.15, -0.1) is 6.42 Å². The van der Waals surface area contributed by atoms with Crippen LogP contribution in [0.25, 0.3) is 0 Å². The number of terminal acetylenes is 1. The quantitative estimate of drug-likeness (QED) is 0.242. The number of aromatic hydroxyl groups is 1. The molecule has 0 aliphatic rings. The lowest BCUT2D eigenvalue weighted by atomic mass is 9.96. The Bertz CT molecular complexity index is 1470. The number of phenolic OH excluding ortho intramolecular Hbond substituents is 1. The lowest BCUT2D eigenvalue weighted by Gasteiger charge is -2.34. The number of aliphatic hydroxyl groups excluding tert-OH is 1. The first-order chi connectivity index (χ1) is 20.3. The molecule has 0 spiro atoms. The number of anilines is 1. The van der Waals surface area contributed by atoms with Crippen LogP contribution in [-0.2, 0) is 20.7 Å². The number of alkyl carbamates (subject to hydrolysis) is 1. The molecule has 3 rings (SSSR count). The predicted molar refractivity (Wildman–Crippen MR) is 166 cm³/mol. The van der Waals surface area contributed by atoms with Crippen molar-refractivity contribution in [2.75, 3.05) is 18.5 Å². The van der Waals surface area contributed by atoms with Crippen molar-refractivity contribution in [2.24, 2.45) is 0 Å². The fourth-order valence-electron chi connectivity index (χ4n) is 4.49. The van der Waals surface area contributed by atoms with Crippen LogP contribution in [0.4, 0.5) is 10.5 Å². The van der Waals surface area contributed by atoms with E-state index in [2.05, 4.69) is 16.6 Å². The number of nitrogens with zero attached hydrogens (tertiary/aromatic N) is 1. The molecule has 3 amide bonds. The van der Waals surface area contributed by atoms with Gasteiger partial charge in [0.25, 0.3) is 5.91 Å². The molecular formula is C33H36ClN3O6. The number of carbonyl (C=O) groups is 3. The number of para-hydroxylation sites is 1. The van der Waals surface area contributed by atoms with E-state index in [1.807, 2.05) is 0 Å². The molecule has 0 aliphatic heterocycles. The largest absolute Gasteiger partial charge is 0.508 e. The van der Waals surface area contributed by atoms with Crippen molar-refractivity contribution < 1.29 is 29.3 Å². The molecular weight excluding hydrogens is 570 g/mol. The van der Waals surface area contributed by atoms with Gasteiger partial charge in [-0.3, -0.25) is 9.59 Å². The maximum absolute atomic E-state index is 14.3. The van der Waals surface area contributed by atoms with Crippen molar-refractivity contribution in [1.82, 2.24) is 10.2 Å². The molecule has 3 aromatic carbocycles. The summed E-state index contributed by atoms with van der Waals surface area (Å²) in [4.78, 5) is 42.5. The number of aliphatic hydroxyl groups is 1. The van der Waals surface area contributed by atoms with Gasteiger partial charge in [-0.1, -0.05) is 60.0 Å². The van der Waals surface area contributed by atoms with E-state index in [9.17, 15) is 24.6 Å². The summed E-state index contributed by atoms with van der Waals surface area (Å²) < 4.78 is 5.42. The predicted octanol–water partition coefficient (Wildman–Crippen LogP) is 4.97. The van der Waals surface area contributed by atoms with Gasteiger partial charge in [-0.2, -0.15) is 0 Å². The number of nitrogens with one attached hydrogen (secondary N) is 2. The standard InChI is InChI=1S/C33H36ClN3O6/c1-6-23-11-7-8-12-25(23)29(30(40)36-28-21(2)10-9-13-26(28)34)37(18-19-38)31(41)27(35-32(42)43-33(3,4)5)20-22-14-16-24(39)17-15-22/h1,7-17,27,29,38-39H,18-20H2,2-5H3,(H,35,42)(H,36,40). The maximum Gasteiger partial charge on any atom is 0.408 e. The molecule has 0 heterocycles. The van der Waals surface area contributed by atoms with Crippen LogP contribution in [0, 0.1) is 19.3 Å². The van der Waals surface area contributed by atoms with Gasteiger partial charge in [0, 0.05) is 18.5 Å². The molecule has 4 N–H and O–H groups in total. The number of hydrogen-bond donors (Lipinski definition) is 4. The van der Waals surface area contributed by atoms with Crippen LogP contribution in [0.15, 0.2) is 66.7 Å². The zero-order valence-electron chi connectivity index (χ0n) is 24.6. The molecule has 0 saturated carbocycles. The fourth-order valence-corrected chi connectivity index (χ4v) is 4.76. The molecule has 2 atom stereocenters. The molecule has 0 aliphatic carbocycles. The molecule has 0 fully saturated rings. The normalized spacial score (nSPS) is 12.4. The van der Waals surface area contributed by atoms with Gasteiger partial charge in [0.05, 0.1) is 17.3 Å². The number of hydrogen-bond acceptors (Lipinski definition) is 6. The maximum atomic E-state index is 14.3. The molecule has 0 bridgehead atoms. The van der Waals surface area contributed by atoms with Gasteiger partial charge >= 0.3 is 6.09 Å². The van der Waals surface area contributed by atoms with Gasteiger partial charge in [-0.25, -0.2) is 4.79 Å². The average Bonchev–Trinajstić information content (AvgIpc) is 2.94. The molecule has 3 aromatic rings. The molecule has 9 nitrogen and oxygen atoms in total. The number of carbonyl (C=O) groups excluding carboxylic acids is 3. The highest BCUT2D eigenvalue weighted by atomic mass is 35.5. The van der Waals surface area contributed by atoms with E-state index < -0.39 is 42.2 Å². The Morgan fingerprint density at radius 1 is 1.05 bits per heavy atom. The summed E-state index contributed by atoms with van der Waals surface area (Å²) in [6, 6.07) is 15.4. The Morgan fingerprint density at radius 2 is 1.72 bits per heavy atom. The number of amides is 3. The zero-order valence-corrected chi connectivity index (χ0v) is 25.3. The van der Waals surface area contributed by atoms with E-state index in [-0.39, 0.29) is 18.7 Å². The monoisotopic (exact) mass is 605 g/mol. The summed E-state index contributed by atoms with van der Waals surface area (Å²) in [6.07, 6.45) is 4.94. The van der Waals surface area contributed by atoms with Crippen LogP contribution in [0.3, 0.4) is 0 Å². The van der Waals surface area contributed by atoms with Gasteiger partial charge in [-0.05, 0) is 68.7 Å². The zero-order chi connectivity index (χ0) is 31.7. The van der Waals surface area contributed by atoms with Crippen molar-refractivity contribution in [3.8, 4) is 18.1 Å². The van der Waals surface area contributed by atoms with E-state index in [1.165, 1.54) is 17.0 Å². The molecule has 43 heavy (non-hydrogen) atoms. The summed E-state index contributed by atoms with van der Waals surface area (Å²) in [7, 11) is 0. The summed E-state index contributed by atoms with van der Waals surface area (Å²) in [5.41, 5.74) is 1.54. The number of aryl methyl sites for hydroxylation is 1. The van der Waals surface area contributed by atoms with Crippen molar-refractivity contribution >= 4 is 35.2 Å². The first kappa shape index (κ1) is 33.0. The lowest BCUT2D eigenvalue weighted by Crippen LogP contribution is -2.54. The van der Waals surface area contributed by atoms with Gasteiger partial charge in [0.15, 0.2) is 0 Å². The topological polar surface area (TPSA) is 128 Å². The second kappa shape index (κ2) is 14.6. The van der Waals surface area contributed by atoms with E-state index >= 15 is 0 Å². The lowest BCUT2D eigenvalue weighted by molar-refractivity contribution is -0.141.